The molecule has 0 radical (unpaired) electrons. The quantitative estimate of drug-likeness (QED) is 0.606. The molecule has 27 heavy (non-hydrogen) atoms. The van der Waals surface area contributed by atoms with Gasteiger partial charge >= 0.3 is 0 Å². The number of nitrogens with one attached hydrogen (secondary N) is 1. The molecule has 0 aliphatic heterocycles. The van der Waals surface area contributed by atoms with Crippen molar-refractivity contribution in [3.8, 4) is 5.75 Å². The predicted octanol–water partition coefficient (Wildman–Crippen LogP) is 3.11. The number of hydrogen-bond donors (Lipinski definition) is 1. The highest BCUT2D eigenvalue weighted by Gasteiger charge is 2.15. The number of rotatable bonds is 11. The second kappa shape index (κ2) is 10.6. The molecule has 1 N–H and O–H groups in total. The Morgan fingerprint density at radius 3 is 2.63 bits per heavy atom. The lowest BCUT2D eigenvalue weighted by atomic mass is 10.2. The van der Waals surface area contributed by atoms with Crippen molar-refractivity contribution >= 4 is 11.6 Å². The number of carbonyl (C=O) groups excluding carboxylic acids is 1. The second-order valence-electron chi connectivity index (χ2n) is 5.98. The fraction of sp³-hybridized carbons (Fsp3) is 0.526. The van der Waals surface area contributed by atoms with Crippen molar-refractivity contribution in [2.24, 2.45) is 0 Å². The lowest BCUT2D eigenvalue weighted by molar-refractivity contribution is -0.145. The first-order valence-electron chi connectivity index (χ1n) is 9.27. The van der Waals surface area contributed by atoms with Crippen LogP contribution in [-0.4, -0.2) is 46.5 Å². The van der Waals surface area contributed by atoms with Gasteiger partial charge in [-0.1, -0.05) is 18.2 Å². The van der Waals surface area contributed by atoms with Crippen LogP contribution < -0.4 is 10.1 Å². The van der Waals surface area contributed by atoms with Crippen molar-refractivity contribution in [2.45, 2.75) is 53.1 Å². The highest BCUT2D eigenvalue weighted by Crippen LogP contribution is 2.19. The molecule has 0 fully saturated rings. The summed E-state index contributed by atoms with van der Waals surface area (Å²) in [5.74, 6) is 0.369. The molecule has 0 bridgehead atoms. The average Bonchev–Trinajstić information content (AvgIpc) is 3.11. The minimum absolute atomic E-state index is 0.111. The summed E-state index contributed by atoms with van der Waals surface area (Å²) in [6.07, 6.45) is 2.16. The molecular weight excluding hydrogens is 348 g/mol. The first-order valence-corrected chi connectivity index (χ1v) is 9.27. The fourth-order valence-electron chi connectivity index (χ4n) is 2.33. The molecule has 0 aliphatic carbocycles. The van der Waals surface area contributed by atoms with Gasteiger partial charge < -0.3 is 19.5 Å². The van der Waals surface area contributed by atoms with E-state index >= 15 is 0 Å². The maximum atomic E-state index is 12.4. The molecule has 0 unspecified atom stereocenters. The molecule has 2 aromatic rings. The number of aromatic nitrogens is 3. The van der Waals surface area contributed by atoms with Gasteiger partial charge in [-0.3, -0.25) is 4.79 Å². The van der Waals surface area contributed by atoms with Crippen LogP contribution in [0.3, 0.4) is 0 Å². The van der Waals surface area contributed by atoms with Crippen molar-refractivity contribution in [1.82, 2.24) is 15.0 Å². The molecule has 1 aromatic carbocycles. The van der Waals surface area contributed by atoms with E-state index < -0.39 is 6.29 Å². The monoisotopic (exact) mass is 376 g/mol. The van der Waals surface area contributed by atoms with Crippen LogP contribution in [0.4, 0.5) is 5.69 Å². The van der Waals surface area contributed by atoms with E-state index in [4.69, 9.17) is 14.2 Å². The van der Waals surface area contributed by atoms with Gasteiger partial charge in [0.2, 0.25) is 0 Å². The van der Waals surface area contributed by atoms with Crippen molar-refractivity contribution in [3.63, 3.8) is 0 Å². The zero-order valence-electron chi connectivity index (χ0n) is 16.3. The Bertz CT molecular complexity index is 713. The van der Waals surface area contributed by atoms with Gasteiger partial charge in [-0.2, -0.15) is 0 Å². The normalized spacial score (nSPS) is 12.2. The Labute approximate surface area is 159 Å². The summed E-state index contributed by atoms with van der Waals surface area (Å²) >= 11 is 0. The summed E-state index contributed by atoms with van der Waals surface area (Å²) < 4.78 is 18.3. The van der Waals surface area contributed by atoms with Gasteiger partial charge in [0.25, 0.3) is 5.91 Å². The molecule has 1 heterocycles. The molecule has 1 amide bonds. The van der Waals surface area contributed by atoms with E-state index in [1.165, 1.54) is 4.68 Å². The Hall–Kier alpha value is -2.45. The van der Waals surface area contributed by atoms with E-state index in [9.17, 15) is 4.79 Å². The minimum atomic E-state index is -0.424. The molecule has 1 aromatic heterocycles. The molecule has 0 saturated carbocycles. The highest BCUT2D eigenvalue weighted by atomic mass is 16.7. The summed E-state index contributed by atoms with van der Waals surface area (Å²) in [4.78, 5) is 12.4. The Morgan fingerprint density at radius 1 is 1.22 bits per heavy atom. The minimum Gasteiger partial charge on any atom is -0.491 e. The van der Waals surface area contributed by atoms with Crippen LogP contribution in [0.1, 0.15) is 44.6 Å². The van der Waals surface area contributed by atoms with Crippen molar-refractivity contribution in [1.29, 1.82) is 0 Å². The van der Waals surface area contributed by atoms with Crippen LogP contribution in [-0.2, 0) is 16.0 Å². The Kier molecular flexibility index (Phi) is 8.22. The van der Waals surface area contributed by atoms with Crippen LogP contribution in [0.15, 0.2) is 30.5 Å². The van der Waals surface area contributed by atoms with E-state index in [-0.39, 0.29) is 17.7 Å². The summed E-state index contributed by atoms with van der Waals surface area (Å²) in [5, 5.41) is 10.7. The van der Waals surface area contributed by atoms with Crippen LogP contribution >= 0.6 is 0 Å². The van der Waals surface area contributed by atoms with E-state index in [2.05, 4.69) is 22.6 Å². The zero-order valence-corrected chi connectivity index (χ0v) is 16.3. The van der Waals surface area contributed by atoms with Gasteiger partial charge in [-0.15, -0.1) is 5.10 Å². The number of nitrogens with zero attached hydrogens (tertiary/aromatic N) is 3. The largest absolute Gasteiger partial charge is 0.491 e. The van der Waals surface area contributed by atoms with Crippen LogP contribution in [0.2, 0.25) is 0 Å². The molecule has 0 aliphatic rings. The fourth-order valence-corrected chi connectivity index (χ4v) is 2.33. The van der Waals surface area contributed by atoms with Gasteiger partial charge in [0.05, 0.1) is 18.8 Å². The summed E-state index contributed by atoms with van der Waals surface area (Å²) in [6.45, 7) is 9.27. The highest BCUT2D eigenvalue weighted by molar-refractivity contribution is 6.02. The molecule has 0 spiro atoms. The van der Waals surface area contributed by atoms with E-state index in [0.717, 1.165) is 6.42 Å². The number of hydrogen-bond acceptors (Lipinski definition) is 6. The summed E-state index contributed by atoms with van der Waals surface area (Å²) in [6, 6.07) is 7.28. The van der Waals surface area contributed by atoms with Gasteiger partial charge in [0.1, 0.15) is 5.75 Å². The molecule has 8 nitrogen and oxygen atoms in total. The lowest BCUT2D eigenvalue weighted by Crippen LogP contribution is -2.24. The molecule has 2 rings (SSSR count). The SMILES string of the molecule is CCOC(Cn1cc(C(=O)Nc2cccc(O[C@@H](C)CC)c2)nn1)OCC. The topological polar surface area (TPSA) is 87.5 Å². The third-order valence-electron chi connectivity index (χ3n) is 3.82. The Balaban J connectivity index is 1.98. The van der Waals surface area contributed by atoms with E-state index in [1.807, 2.05) is 32.9 Å². The van der Waals surface area contributed by atoms with Gasteiger partial charge in [0.15, 0.2) is 12.0 Å². The van der Waals surface area contributed by atoms with Crippen molar-refractivity contribution in [2.75, 3.05) is 18.5 Å². The maximum Gasteiger partial charge on any atom is 0.277 e. The first-order chi connectivity index (χ1) is 13.0. The average molecular weight is 376 g/mol. The number of carbonyl (C=O) groups is 1. The third kappa shape index (κ3) is 6.65. The third-order valence-corrected chi connectivity index (χ3v) is 3.82. The lowest BCUT2D eigenvalue weighted by Gasteiger charge is -2.16. The predicted molar refractivity (Wildman–Crippen MR) is 102 cm³/mol. The molecule has 8 heteroatoms. The van der Waals surface area contributed by atoms with Gasteiger partial charge in [0, 0.05) is 25.0 Å². The molecule has 148 valence electrons. The smallest absolute Gasteiger partial charge is 0.277 e. The first kappa shape index (κ1) is 20.9. The number of amides is 1. The summed E-state index contributed by atoms with van der Waals surface area (Å²) in [5.41, 5.74) is 0.854. The number of benzene rings is 1. The number of ether oxygens (including phenoxy) is 3. The van der Waals surface area contributed by atoms with Crippen molar-refractivity contribution in [3.05, 3.63) is 36.2 Å². The van der Waals surface area contributed by atoms with Crippen molar-refractivity contribution < 1.29 is 19.0 Å². The van der Waals surface area contributed by atoms with Gasteiger partial charge in [-0.05, 0) is 39.3 Å². The summed E-state index contributed by atoms with van der Waals surface area (Å²) in [7, 11) is 0. The van der Waals surface area contributed by atoms with Crippen LogP contribution in [0.5, 0.6) is 5.75 Å². The van der Waals surface area contributed by atoms with Crippen LogP contribution in [0.25, 0.3) is 0 Å². The van der Waals surface area contributed by atoms with Gasteiger partial charge in [-0.25, -0.2) is 4.68 Å². The van der Waals surface area contributed by atoms with E-state index in [0.29, 0.717) is 31.2 Å². The zero-order chi connectivity index (χ0) is 19.6. The molecular formula is C19H28N4O4. The van der Waals surface area contributed by atoms with E-state index in [1.54, 1.807) is 18.3 Å². The Morgan fingerprint density at radius 2 is 1.96 bits per heavy atom. The van der Waals surface area contributed by atoms with Crippen LogP contribution in [0, 0.1) is 0 Å². The molecule has 0 saturated heterocycles. The standard InChI is InChI=1S/C19H28N4O4/c1-5-14(4)27-16-10-8-9-15(11-16)20-19(24)17-12-23(22-21-17)13-18(25-6-2)26-7-3/h8-12,14,18H,5-7,13H2,1-4H3,(H,20,24)/t14-/m0/s1. The number of anilines is 1. The maximum absolute atomic E-state index is 12.4. The molecule has 1 atom stereocenters. The second-order valence-corrected chi connectivity index (χ2v) is 5.98.